The van der Waals surface area contributed by atoms with Crippen molar-refractivity contribution in [3.8, 4) is 5.75 Å². The van der Waals surface area contributed by atoms with Crippen LogP contribution in [0.15, 0.2) is 54.6 Å². The van der Waals surface area contributed by atoms with Gasteiger partial charge in [0.05, 0.1) is 12.6 Å². The summed E-state index contributed by atoms with van der Waals surface area (Å²) >= 11 is 0. The lowest BCUT2D eigenvalue weighted by Gasteiger charge is -2.25. The van der Waals surface area contributed by atoms with Crippen LogP contribution in [-0.4, -0.2) is 37.1 Å². The molecule has 1 atom stereocenters. The summed E-state index contributed by atoms with van der Waals surface area (Å²) < 4.78 is 5.75. The van der Waals surface area contributed by atoms with Crippen molar-refractivity contribution in [1.29, 1.82) is 0 Å². The predicted octanol–water partition coefficient (Wildman–Crippen LogP) is 2.51. The van der Waals surface area contributed by atoms with Crippen molar-refractivity contribution >= 4 is 5.97 Å². The average molecular weight is 340 g/mol. The molecule has 4 heteroatoms. The van der Waals surface area contributed by atoms with Crippen LogP contribution in [0.2, 0.25) is 0 Å². The first kappa shape index (κ1) is 19.0. The number of likely N-dealkylation sites (N-methyl/N-ethyl adjacent to an activating group) is 1. The molecule has 2 aromatic carbocycles. The van der Waals surface area contributed by atoms with Gasteiger partial charge < -0.3 is 14.6 Å². The predicted molar refractivity (Wildman–Crippen MR) is 97.5 cm³/mol. The number of carboxylic acids is 1. The Morgan fingerprint density at radius 3 is 2.32 bits per heavy atom. The van der Waals surface area contributed by atoms with Crippen LogP contribution in [0, 0.1) is 0 Å². The molecule has 25 heavy (non-hydrogen) atoms. The number of ether oxygens (including phenoxy) is 1. The summed E-state index contributed by atoms with van der Waals surface area (Å²) in [4.78, 5) is 12.6. The average Bonchev–Trinajstić information content (AvgIpc) is 2.62. The van der Waals surface area contributed by atoms with E-state index in [1.54, 1.807) is 18.9 Å². The number of hydrogen-bond acceptors (Lipinski definition) is 4. The van der Waals surface area contributed by atoms with Crippen molar-refractivity contribution in [2.24, 2.45) is 0 Å². The van der Waals surface area contributed by atoms with E-state index in [4.69, 9.17) is 4.74 Å². The largest absolute Gasteiger partial charge is 0.548 e. The molecule has 0 aliphatic carbocycles. The third-order valence-corrected chi connectivity index (χ3v) is 4.35. The third kappa shape index (κ3) is 6.59. The molecule has 2 rings (SSSR count). The lowest BCUT2D eigenvalue weighted by Crippen LogP contribution is -2.44. The van der Waals surface area contributed by atoms with Gasteiger partial charge in [-0.15, -0.1) is 0 Å². The van der Waals surface area contributed by atoms with Crippen LogP contribution in [0.4, 0.5) is 0 Å². The molecule has 4 nitrogen and oxygen atoms in total. The zero-order valence-electron chi connectivity index (χ0n) is 15.0. The van der Waals surface area contributed by atoms with Crippen molar-refractivity contribution in [2.75, 3.05) is 20.2 Å². The van der Waals surface area contributed by atoms with Gasteiger partial charge in [-0.2, -0.15) is 0 Å². The molecule has 0 saturated heterocycles. The van der Waals surface area contributed by atoms with Crippen molar-refractivity contribution in [2.45, 2.75) is 32.2 Å². The highest BCUT2D eigenvalue weighted by atomic mass is 16.5. The van der Waals surface area contributed by atoms with E-state index in [-0.39, 0.29) is 0 Å². The lowest BCUT2D eigenvalue weighted by molar-refractivity contribution is -0.310. The molecule has 0 aliphatic rings. The highest BCUT2D eigenvalue weighted by Crippen LogP contribution is 2.15. The van der Waals surface area contributed by atoms with Crippen molar-refractivity contribution in [3.63, 3.8) is 0 Å². The number of unbranched alkanes of at least 4 members (excludes halogenated alkanes) is 1. The fourth-order valence-corrected chi connectivity index (χ4v) is 2.56. The molecule has 0 aliphatic heterocycles. The van der Waals surface area contributed by atoms with Crippen LogP contribution in [0.25, 0.3) is 0 Å². The van der Waals surface area contributed by atoms with Crippen LogP contribution >= 0.6 is 0 Å². The highest BCUT2D eigenvalue weighted by molar-refractivity contribution is 5.70. The van der Waals surface area contributed by atoms with E-state index in [9.17, 15) is 9.90 Å². The first-order valence-corrected chi connectivity index (χ1v) is 8.73. The minimum Gasteiger partial charge on any atom is -0.548 e. The maximum Gasteiger partial charge on any atom is 0.119 e. The Hall–Kier alpha value is -2.33. The second kappa shape index (κ2) is 9.84. The molecule has 0 amide bonds. The molecule has 2 aromatic rings. The second-order valence-electron chi connectivity index (χ2n) is 6.34. The van der Waals surface area contributed by atoms with E-state index in [0.29, 0.717) is 13.2 Å². The Labute approximate surface area is 150 Å². The fraction of sp³-hybridized carbons (Fsp3) is 0.381. The van der Waals surface area contributed by atoms with Crippen molar-refractivity contribution < 1.29 is 14.6 Å². The standard InChI is InChI=1S/C21H27NO3/c1-17(21(23)24)22(2)14-6-7-15-25-20-12-10-19(11-13-20)16-18-8-4-3-5-9-18/h3-5,8-13,17H,6-7,14-16H2,1-2H3,(H,23,24)/p-1. The van der Waals surface area contributed by atoms with Crippen LogP contribution in [0.5, 0.6) is 5.75 Å². The highest BCUT2D eigenvalue weighted by Gasteiger charge is 2.08. The molecule has 0 bridgehead atoms. The number of rotatable bonds is 10. The van der Waals surface area contributed by atoms with E-state index in [1.165, 1.54) is 11.1 Å². The van der Waals surface area contributed by atoms with Gasteiger partial charge in [-0.25, -0.2) is 0 Å². The first-order valence-electron chi connectivity index (χ1n) is 8.73. The molecule has 1 unspecified atom stereocenters. The smallest absolute Gasteiger partial charge is 0.119 e. The van der Waals surface area contributed by atoms with Crippen molar-refractivity contribution in [1.82, 2.24) is 4.90 Å². The molecule has 134 valence electrons. The summed E-state index contributed by atoms with van der Waals surface area (Å²) in [6.45, 7) is 2.99. The van der Waals surface area contributed by atoms with E-state index >= 15 is 0 Å². The molecule has 0 heterocycles. The summed E-state index contributed by atoms with van der Waals surface area (Å²) in [6.07, 6.45) is 2.69. The SMILES string of the molecule is CC(C(=O)[O-])N(C)CCCCOc1ccc(Cc2ccccc2)cc1. The van der Waals surface area contributed by atoms with Gasteiger partial charge in [-0.1, -0.05) is 42.5 Å². The fourth-order valence-electron chi connectivity index (χ4n) is 2.56. The number of carbonyl (C=O) groups excluding carboxylic acids is 1. The molecular weight excluding hydrogens is 314 g/mol. The Morgan fingerprint density at radius 1 is 1.04 bits per heavy atom. The number of hydrogen-bond donors (Lipinski definition) is 0. The van der Waals surface area contributed by atoms with Gasteiger partial charge in [-0.3, -0.25) is 4.90 Å². The van der Waals surface area contributed by atoms with Gasteiger partial charge in [0.25, 0.3) is 0 Å². The van der Waals surface area contributed by atoms with Gasteiger partial charge in [0.15, 0.2) is 0 Å². The second-order valence-corrected chi connectivity index (χ2v) is 6.34. The number of benzene rings is 2. The summed E-state index contributed by atoms with van der Waals surface area (Å²) in [5.41, 5.74) is 2.56. The summed E-state index contributed by atoms with van der Waals surface area (Å²) in [7, 11) is 1.80. The van der Waals surface area contributed by atoms with Crippen LogP contribution in [-0.2, 0) is 11.2 Å². The van der Waals surface area contributed by atoms with Crippen LogP contribution in [0.3, 0.4) is 0 Å². The van der Waals surface area contributed by atoms with E-state index in [0.717, 1.165) is 25.0 Å². The summed E-state index contributed by atoms with van der Waals surface area (Å²) in [5, 5.41) is 10.8. The zero-order valence-corrected chi connectivity index (χ0v) is 15.0. The van der Waals surface area contributed by atoms with Gasteiger partial charge >= 0.3 is 0 Å². The minimum absolute atomic E-state index is 0.557. The lowest BCUT2D eigenvalue weighted by atomic mass is 10.1. The molecule has 0 spiro atoms. The Balaban J connectivity index is 1.67. The third-order valence-electron chi connectivity index (χ3n) is 4.35. The normalized spacial score (nSPS) is 12.1. The van der Waals surface area contributed by atoms with Gasteiger partial charge in [0.2, 0.25) is 0 Å². The number of nitrogens with zero attached hydrogens (tertiary/aromatic N) is 1. The maximum absolute atomic E-state index is 10.8. The van der Waals surface area contributed by atoms with E-state index in [2.05, 4.69) is 36.4 Å². The number of carbonyl (C=O) groups is 1. The first-order chi connectivity index (χ1) is 12.1. The van der Waals surface area contributed by atoms with E-state index in [1.807, 2.05) is 18.2 Å². The van der Waals surface area contributed by atoms with Crippen molar-refractivity contribution in [3.05, 3.63) is 65.7 Å². The zero-order chi connectivity index (χ0) is 18.1. The Kier molecular flexibility index (Phi) is 7.48. The molecule has 0 fully saturated rings. The topological polar surface area (TPSA) is 52.6 Å². The minimum atomic E-state index is -1.03. The van der Waals surface area contributed by atoms with Crippen LogP contribution < -0.4 is 9.84 Å². The quantitative estimate of drug-likeness (QED) is 0.624. The maximum atomic E-state index is 10.8. The molecule has 0 N–H and O–H groups in total. The van der Waals surface area contributed by atoms with E-state index < -0.39 is 12.0 Å². The molecule has 0 saturated carbocycles. The van der Waals surface area contributed by atoms with Crippen LogP contribution in [0.1, 0.15) is 30.9 Å². The summed E-state index contributed by atoms with van der Waals surface area (Å²) in [6, 6.07) is 18.0. The Morgan fingerprint density at radius 2 is 1.68 bits per heavy atom. The van der Waals surface area contributed by atoms with Gasteiger partial charge in [-0.05, 0) is 63.0 Å². The molecular formula is C21H26NO3-. The van der Waals surface area contributed by atoms with Gasteiger partial charge in [0.1, 0.15) is 5.75 Å². The molecule has 0 aromatic heterocycles. The number of aliphatic carboxylic acids is 1. The van der Waals surface area contributed by atoms with Gasteiger partial charge in [0, 0.05) is 6.04 Å². The summed E-state index contributed by atoms with van der Waals surface area (Å²) in [5.74, 6) is -0.164. The molecule has 0 radical (unpaired) electrons. The Bertz CT molecular complexity index is 640. The number of carboxylic acid groups (broad SMARTS) is 1. The monoisotopic (exact) mass is 340 g/mol.